The lowest BCUT2D eigenvalue weighted by Gasteiger charge is -2.27. The Labute approximate surface area is 99.7 Å². The van der Waals surface area contributed by atoms with E-state index in [9.17, 15) is 4.79 Å². The van der Waals surface area contributed by atoms with Gasteiger partial charge in [0.25, 0.3) is 0 Å². The van der Waals surface area contributed by atoms with E-state index < -0.39 is 0 Å². The van der Waals surface area contributed by atoms with Gasteiger partial charge in [0.1, 0.15) is 0 Å². The van der Waals surface area contributed by atoms with Gasteiger partial charge in [-0.2, -0.15) is 0 Å². The maximum absolute atomic E-state index is 11.4. The fourth-order valence-corrected chi connectivity index (χ4v) is 2.09. The number of carbonyl (C=O) groups is 1. The molecular formula is C10H15ClN2OS. The van der Waals surface area contributed by atoms with Crippen molar-refractivity contribution in [1.82, 2.24) is 10.6 Å². The van der Waals surface area contributed by atoms with Gasteiger partial charge in [0.15, 0.2) is 0 Å². The number of hydrogen-bond acceptors (Lipinski definition) is 3. The lowest BCUT2D eigenvalue weighted by molar-refractivity contribution is -0.120. The van der Waals surface area contributed by atoms with E-state index in [0.717, 1.165) is 24.5 Å². The standard InChI is InChI=1S/C10H14N2OS.ClH/c13-10(4-9-2-1-3-14-9)12-7-8-5-11-6-8;/h1-3,8,11H,4-7H2,(H,12,13);1H. The summed E-state index contributed by atoms with van der Waals surface area (Å²) in [6.07, 6.45) is 0.526. The van der Waals surface area contributed by atoms with E-state index in [4.69, 9.17) is 0 Å². The SMILES string of the molecule is Cl.O=C(Cc1cccs1)NCC1CNC1. The summed E-state index contributed by atoms with van der Waals surface area (Å²) in [6.45, 7) is 2.90. The lowest BCUT2D eigenvalue weighted by Crippen LogP contribution is -2.48. The second-order valence-corrected chi connectivity index (χ2v) is 4.62. The highest BCUT2D eigenvalue weighted by Gasteiger charge is 2.17. The van der Waals surface area contributed by atoms with Crippen LogP contribution in [0.25, 0.3) is 0 Å². The number of carbonyl (C=O) groups excluding carboxylic acids is 1. The zero-order valence-electron chi connectivity index (χ0n) is 8.36. The van der Waals surface area contributed by atoms with E-state index >= 15 is 0 Å². The minimum Gasteiger partial charge on any atom is -0.355 e. The Morgan fingerprint density at radius 3 is 2.93 bits per heavy atom. The Balaban J connectivity index is 0.00000112. The summed E-state index contributed by atoms with van der Waals surface area (Å²) in [5.41, 5.74) is 0. The minimum absolute atomic E-state index is 0. The van der Waals surface area contributed by atoms with Crippen LogP contribution in [-0.2, 0) is 11.2 Å². The van der Waals surface area contributed by atoms with E-state index in [2.05, 4.69) is 10.6 Å². The lowest BCUT2D eigenvalue weighted by atomic mass is 10.0. The van der Waals surface area contributed by atoms with Gasteiger partial charge in [0.05, 0.1) is 6.42 Å². The molecule has 0 saturated carbocycles. The molecule has 1 fully saturated rings. The molecule has 15 heavy (non-hydrogen) atoms. The zero-order chi connectivity index (χ0) is 9.80. The van der Waals surface area contributed by atoms with Crippen LogP contribution in [0.1, 0.15) is 4.88 Å². The summed E-state index contributed by atoms with van der Waals surface area (Å²) < 4.78 is 0. The molecule has 2 rings (SSSR count). The van der Waals surface area contributed by atoms with Gasteiger partial charge in [-0.05, 0) is 11.4 Å². The summed E-state index contributed by atoms with van der Waals surface area (Å²) in [6, 6.07) is 3.97. The smallest absolute Gasteiger partial charge is 0.225 e. The molecule has 1 aliphatic rings. The minimum atomic E-state index is 0. The molecule has 2 N–H and O–H groups in total. The molecule has 5 heteroatoms. The number of rotatable bonds is 4. The van der Waals surface area contributed by atoms with E-state index in [-0.39, 0.29) is 18.3 Å². The monoisotopic (exact) mass is 246 g/mol. The molecule has 0 bridgehead atoms. The summed E-state index contributed by atoms with van der Waals surface area (Å²) >= 11 is 1.63. The van der Waals surface area contributed by atoms with Crippen molar-refractivity contribution in [3.8, 4) is 0 Å². The van der Waals surface area contributed by atoms with Gasteiger partial charge < -0.3 is 10.6 Å². The molecule has 3 nitrogen and oxygen atoms in total. The topological polar surface area (TPSA) is 41.1 Å². The third-order valence-corrected chi connectivity index (χ3v) is 3.25. The molecule has 1 amide bonds. The van der Waals surface area contributed by atoms with Crippen molar-refractivity contribution in [2.45, 2.75) is 6.42 Å². The summed E-state index contributed by atoms with van der Waals surface area (Å²) in [4.78, 5) is 12.6. The number of nitrogens with one attached hydrogen (secondary N) is 2. The average Bonchev–Trinajstić information content (AvgIpc) is 2.54. The molecule has 0 spiro atoms. The van der Waals surface area contributed by atoms with E-state index in [1.807, 2.05) is 17.5 Å². The molecule has 84 valence electrons. The third kappa shape index (κ3) is 3.81. The van der Waals surface area contributed by atoms with Crippen molar-refractivity contribution in [3.05, 3.63) is 22.4 Å². The summed E-state index contributed by atoms with van der Waals surface area (Å²) in [7, 11) is 0. The Morgan fingerprint density at radius 1 is 1.60 bits per heavy atom. The predicted molar refractivity (Wildman–Crippen MR) is 64.6 cm³/mol. The highest BCUT2D eigenvalue weighted by atomic mass is 35.5. The molecule has 1 saturated heterocycles. The fourth-order valence-electron chi connectivity index (χ4n) is 1.38. The third-order valence-electron chi connectivity index (χ3n) is 2.37. The molecule has 2 heterocycles. The number of thiophene rings is 1. The molecule has 1 aromatic rings. The van der Waals surface area contributed by atoms with Crippen LogP contribution in [0.5, 0.6) is 0 Å². The number of hydrogen-bond donors (Lipinski definition) is 2. The first kappa shape index (κ1) is 12.5. The molecule has 1 aromatic heterocycles. The largest absolute Gasteiger partial charge is 0.355 e. The average molecular weight is 247 g/mol. The highest BCUT2D eigenvalue weighted by molar-refractivity contribution is 7.10. The van der Waals surface area contributed by atoms with Crippen LogP contribution in [0.3, 0.4) is 0 Å². The molecular weight excluding hydrogens is 232 g/mol. The van der Waals surface area contributed by atoms with Crippen molar-refractivity contribution in [1.29, 1.82) is 0 Å². The van der Waals surface area contributed by atoms with Gasteiger partial charge in [-0.25, -0.2) is 0 Å². The van der Waals surface area contributed by atoms with Crippen LogP contribution in [0.15, 0.2) is 17.5 Å². The summed E-state index contributed by atoms with van der Waals surface area (Å²) in [5, 5.41) is 8.13. The fraction of sp³-hybridized carbons (Fsp3) is 0.500. The van der Waals surface area contributed by atoms with Gasteiger partial charge in [0.2, 0.25) is 5.91 Å². The second kappa shape index (κ2) is 6.10. The number of halogens is 1. The van der Waals surface area contributed by atoms with E-state index in [0.29, 0.717) is 12.3 Å². The molecule has 0 aliphatic carbocycles. The Morgan fingerprint density at radius 2 is 2.40 bits per heavy atom. The van der Waals surface area contributed by atoms with Gasteiger partial charge in [-0.1, -0.05) is 6.07 Å². The van der Waals surface area contributed by atoms with Crippen LogP contribution in [0.2, 0.25) is 0 Å². The number of amides is 1. The molecule has 0 aromatic carbocycles. The van der Waals surface area contributed by atoms with Crippen molar-refractivity contribution in [2.75, 3.05) is 19.6 Å². The van der Waals surface area contributed by atoms with Crippen molar-refractivity contribution < 1.29 is 4.79 Å². The van der Waals surface area contributed by atoms with Gasteiger partial charge in [-0.3, -0.25) is 4.79 Å². The quantitative estimate of drug-likeness (QED) is 0.834. The molecule has 0 unspecified atom stereocenters. The van der Waals surface area contributed by atoms with Gasteiger partial charge in [-0.15, -0.1) is 23.7 Å². The molecule has 0 radical (unpaired) electrons. The van der Waals surface area contributed by atoms with Crippen LogP contribution >= 0.6 is 23.7 Å². The van der Waals surface area contributed by atoms with Gasteiger partial charge >= 0.3 is 0 Å². The van der Waals surface area contributed by atoms with Crippen LogP contribution < -0.4 is 10.6 Å². The van der Waals surface area contributed by atoms with Crippen molar-refractivity contribution in [3.63, 3.8) is 0 Å². The van der Waals surface area contributed by atoms with E-state index in [1.54, 1.807) is 11.3 Å². The first-order chi connectivity index (χ1) is 6.84. The highest BCUT2D eigenvalue weighted by Crippen LogP contribution is 2.09. The maximum Gasteiger partial charge on any atom is 0.225 e. The zero-order valence-corrected chi connectivity index (χ0v) is 10.00. The molecule has 1 aliphatic heterocycles. The van der Waals surface area contributed by atoms with Crippen LogP contribution in [0.4, 0.5) is 0 Å². The second-order valence-electron chi connectivity index (χ2n) is 3.58. The maximum atomic E-state index is 11.4. The van der Waals surface area contributed by atoms with Gasteiger partial charge in [0, 0.05) is 30.4 Å². The van der Waals surface area contributed by atoms with E-state index in [1.165, 1.54) is 0 Å². The predicted octanol–water partition coefficient (Wildman–Crippen LogP) is 1.05. The Kier molecular flexibility index (Phi) is 5.08. The Bertz CT molecular complexity index is 298. The van der Waals surface area contributed by atoms with Crippen molar-refractivity contribution >= 4 is 29.7 Å². The Hall–Kier alpha value is -0.580. The molecule has 0 atom stereocenters. The first-order valence-corrected chi connectivity index (χ1v) is 5.72. The van der Waals surface area contributed by atoms with Crippen LogP contribution in [0, 0.1) is 5.92 Å². The van der Waals surface area contributed by atoms with Crippen molar-refractivity contribution in [2.24, 2.45) is 5.92 Å². The van der Waals surface area contributed by atoms with Crippen LogP contribution in [-0.4, -0.2) is 25.5 Å². The summed E-state index contributed by atoms with van der Waals surface area (Å²) in [5.74, 6) is 0.779. The normalized spacial score (nSPS) is 15.2. The first-order valence-electron chi connectivity index (χ1n) is 4.84.